The van der Waals surface area contributed by atoms with Gasteiger partial charge in [-0.05, 0) is 97.8 Å². The van der Waals surface area contributed by atoms with Gasteiger partial charge in [0.2, 0.25) is 5.91 Å². The third kappa shape index (κ3) is 10.3. The summed E-state index contributed by atoms with van der Waals surface area (Å²) >= 11 is 2.79. The number of methoxy groups -OCH3 is 1. The fourth-order valence-electron chi connectivity index (χ4n) is 6.32. The second-order valence-corrected chi connectivity index (χ2v) is 15.2. The molecule has 1 heterocycles. The molecule has 0 saturated carbocycles. The number of carbonyl (C=O) groups excluding carboxylic acids is 4. The van der Waals surface area contributed by atoms with Gasteiger partial charge in [0.1, 0.15) is 21.7 Å². The summed E-state index contributed by atoms with van der Waals surface area (Å²) in [7, 11) is 1.37. The monoisotopic (exact) mass is 773 g/mol. The van der Waals surface area contributed by atoms with Gasteiger partial charge in [-0.25, -0.2) is 4.79 Å². The molecule has 4 aromatic carbocycles. The summed E-state index contributed by atoms with van der Waals surface area (Å²) in [5.74, 6) is -0.992. The molecule has 1 aromatic heterocycles. The highest BCUT2D eigenvalue weighted by Crippen LogP contribution is 2.41. The standard InChI is InChI=1S/C44H43N3O6S2/c1-3-53-33-25-23-29(24-26-33)27-36(46-40(48)31-17-10-7-11-18-31)41(49)45-32-19-14-20-34(28-32)54-39(30-15-8-6-9-16-30)42(50)47-43-38(44(51)52-2)35-21-12-4-5-13-22-37(35)55-43/h6-11,14-20,23-28,39H,3-5,12-13,21-22H2,1-2H3,(H,45,49)(H,46,48)(H,47,50)/b36-27+. The molecule has 0 radical (unpaired) electrons. The Bertz CT molecular complexity index is 2150. The van der Waals surface area contributed by atoms with Crippen LogP contribution in [0.15, 0.2) is 120 Å². The topological polar surface area (TPSA) is 123 Å². The van der Waals surface area contributed by atoms with Gasteiger partial charge in [-0.1, -0.05) is 79.6 Å². The van der Waals surface area contributed by atoms with Crippen molar-refractivity contribution in [1.82, 2.24) is 5.32 Å². The predicted octanol–water partition coefficient (Wildman–Crippen LogP) is 9.47. The van der Waals surface area contributed by atoms with Crippen molar-refractivity contribution in [3.63, 3.8) is 0 Å². The number of amides is 3. The average molecular weight is 774 g/mol. The lowest BCUT2D eigenvalue weighted by molar-refractivity contribution is -0.116. The molecule has 6 rings (SSSR count). The normalized spacial score (nSPS) is 13.3. The summed E-state index contributed by atoms with van der Waals surface area (Å²) in [6.45, 7) is 2.43. The number of anilines is 2. The second-order valence-electron chi connectivity index (χ2n) is 12.9. The fourth-order valence-corrected chi connectivity index (χ4v) is 8.69. The maximum absolute atomic E-state index is 14.2. The molecule has 1 aliphatic rings. The van der Waals surface area contributed by atoms with Crippen LogP contribution in [0.25, 0.3) is 6.08 Å². The lowest BCUT2D eigenvalue weighted by Crippen LogP contribution is -2.30. The summed E-state index contributed by atoms with van der Waals surface area (Å²) in [6.07, 6.45) is 7.50. The number of benzene rings is 4. The summed E-state index contributed by atoms with van der Waals surface area (Å²) in [5, 5.41) is 8.63. The van der Waals surface area contributed by atoms with E-state index in [9.17, 15) is 19.2 Å². The van der Waals surface area contributed by atoms with E-state index in [-0.39, 0.29) is 11.6 Å². The highest BCUT2D eigenvalue weighted by molar-refractivity contribution is 8.00. The highest BCUT2D eigenvalue weighted by Gasteiger charge is 2.29. The molecular formula is C44H43N3O6S2. The highest BCUT2D eigenvalue weighted by atomic mass is 32.2. The Hall–Kier alpha value is -5.65. The van der Waals surface area contributed by atoms with Crippen molar-refractivity contribution in [2.45, 2.75) is 55.6 Å². The molecule has 0 bridgehead atoms. The minimum Gasteiger partial charge on any atom is -0.494 e. The van der Waals surface area contributed by atoms with Crippen LogP contribution in [0.4, 0.5) is 10.7 Å². The van der Waals surface area contributed by atoms with Crippen LogP contribution in [-0.2, 0) is 27.2 Å². The molecule has 1 aliphatic carbocycles. The molecule has 5 aromatic rings. The van der Waals surface area contributed by atoms with Gasteiger partial charge >= 0.3 is 5.97 Å². The first-order chi connectivity index (χ1) is 26.8. The van der Waals surface area contributed by atoms with Crippen LogP contribution < -0.4 is 20.7 Å². The molecule has 1 unspecified atom stereocenters. The Morgan fingerprint density at radius 2 is 1.53 bits per heavy atom. The molecule has 282 valence electrons. The van der Waals surface area contributed by atoms with E-state index < -0.39 is 23.0 Å². The number of aryl methyl sites for hydroxylation is 1. The Balaban J connectivity index is 1.25. The predicted molar refractivity (Wildman–Crippen MR) is 220 cm³/mol. The Morgan fingerprint density at radius 3 is 2.24 bits per heavy atom. The number of thioether (sulfide) groups is 1. The molecule has 9 nitrogen and oxygen atoms in total. The summed E-state index contributed by atoms with van der Waals surface area (Å²) in [5.41, 5.74) is 3.82. The average Bonchev–Trinajstić information content (AvgIpc) is 3.52. The van der Waals surface area contributed by atoms with E-state index in [1.807, 2.05) is 49.4 Å². The molecule has 11 heteroatoms. The van der Waals surface area contributed by atoms with Crippen molar-refractivity contribution < 1.29 is 28.7 Å². The Kier molecular flexibility index (Phi) is 13.6. The van der Waals surface area contributed by atoms with Crippen molar-refractivity contribution in [3.05, 3.63) is 148 Å². The van der Waals surface area contributed by atoms with Crippen molar-refractivity contribution in [1.29, 1.82) is 0 Å². The maximum Gasteiger partial charge on any atom is 0.341 e. The third-order valence-corrected chi connectivity index (χ3v) is 11.5. The first-order valence-corrected chi connectivity index (χ1v) is 20.0. The molecule has 0 saturated heterocycles. The van der Waals surface area contributed by atoms with Crippen LogP contribution in [0, 0.1) is 0 Å². The van der Waals surface area contributed by atoms with E-state index in [1.165, 1.54) is 30.2 Å². The molecule has 0 aliphatic heterocycles. The largest absolute Gasteiger partial charge is 0.494 e. The maximum atomic E-state index is 14.2. The van der Waals surface area contributed by atoms with Gasteiger partial charge in [0.05, 0.1) is 19.3 Å². The van der Waals surface area contributed by atoms with Crippen molar-refractivity contribution >= 4 is 63.6 Å². The number of carbonyl (C=O) groups is 4. The van der Waals surface area contributed by atoms with E-state index in [2.05, 4.69) is 16.0 Å². The van der Waals surface area contributed by atoms with Gasteiger partial charge in [-0.15, -0.1) is 23.1 Å². The zero-order valence-corrected chi connectivity index (χ0v) is 32.4. The quantitative estimate of drug-likeness (QED) is 0.0619. The van der Waals surface area contributed by atoms with Gasteiger partial charge in [-0.3, -0.25) is 14.4 Å². The number of thiophene rings is 1. The number of fused-ring (bicyclic) bond motifs is 1. The van der Waals surface area contributed by atoms with Crippen LogP contribution in [0.2, 0.25) is 0 Å². The molecule has 0 fully saturated rings. The SMILES string of the molecule is CCOc1ccc(/C=C(/NC(=O)c2ccccc2)C(=O)Nc2cccc(SC(C(=O)Nc3sc4c(c3C(=O)OC)CCCCCC4)c3ccccc3)c2)cc1. The molecule has 0 spiro atoms. The molecule has 3 N–H and O–H groups in total. The first kappa shape index (κ1) is 39.1. The van der Waals surface area contributed by atoms with Gasteiger partial charge < -0.3 is 25.4 Å². The summed E-state index contributed by atoms with van der Waals surface area (Å²) in [6, 6.07) is 32.5. The third-order valence-electron chi connectivity index (χ3n) is 9.01. The van der Waals surface area contributed by atoms with Crippen molar-refractivity contribution in [2.75, 3.05) is 24.4 Å². The summed E-state index contributed by atoms with van der Waals surface area (Å²) in [4.78, 5) is 56.2. The molecule has 55 heavy (non-hydrogen) atoms. The van der Waals surface area contributed by atoms with Gasteiger partial charge in [0.25, 0.3) is 11.8 Å². The molecule has 3 amide bonds. The van der Waals surface area contributed by atoms with E-state index in [0.717, 1.165) is 59.4 Å². The van der Waals surface area contributed by atoms with Gasteiger partial charge in [-0.2, -0.15) is 0 Å². The zero-order valence-electron chi connectivity index (χ0n) is 30.8. The second kappa shape index (κ2) is 19.1. The van der Waals surface area contributed by atoms with E-state index in [4.69, 9.17) is 9.47 Å². The van der Waals surface area contributed by atoms with Crippen LogP contribution in [0.1, 0.15) is 80.1 Å². The lowest BCUT2D eigenvalue weighted by atomic mass is 9.96. The number of hydrogen-bond acceptors (Lipinski definition) is 8. The van der Waals surface area contributed by atoms with Crippen LogP contribution >= 0.6 is 23.1 Å². The number of esters is 1. The van der Waals surface area contributed by atoms with Crippen LogP contribution in [-0.4, -0.2) is 37.4 Å². The number of nitrogens with one attached hydrogen (secondary N) is 3. The number of hydrogen-bond donors (Lipinski definition) is 3. The summed E-state index contributed by atoms with van der Waals surface area (Å²) < 4.78 is 10.7. The fraction of sp³-hybridized carbons (Fsp3) is 0.227. The van der Waals surface area contributed by atoms with Gasteiger partial charge in [0, 0.05) is 21.0 Å². The molecular weight excluding hydrogens is 731 g/mol. The van der Waals surface area contributed by atoms with Crippen LogP contribution in [0.3, 0.4) is 0 Å². The number of ether oxygens (including phenoxy) is 2. The minimum absolute atomic E-state index is 0.0454. The molecule has 1 atom stereocenters. The van der Waals surface area contributed by atoms with E-state index in [0.29, 0.717) is 39.7 Å². The van der Waals surface area contributed by atoms with E-state index in [1.54, 1.807) is 72.8 Å². The Labute approximate surface area is 329 Å². The Morgan fingerprint density at radius 1 is 0.818 bits per heavy atom. The minimum atomic E-state index is -0.692. The first-order valence-electron chi connectivity index (χ1n) is 18.3. The van der Waals surface area contributed by atoms with Crippen molar-refractivity contribution in [3.8, 4) is 5.75 Å². The number of rotatable bonds is 13. The van der Waals surface area contributed by atoms with E-state index >= 15 is 0 Å². The van der Waals surface area contributed by atoms with Crippen molar-refractivity contribution in [2.24, 2.45) is 0 Å². The zero-order chi connectivity index (χ0) is 38.6. The smallest absolute Gasteiger partial charge is 0.341 e. The van der Waals surface area contributed by atoms with Crippen LogP contribution in [0.5, 0.6) is 5.75 Å². The lowest BCUT2D eigenvalue weighted by Gasteiger charge is -2.18. The van der Waals surface area contributed by atoms with Gasteiger partial charge in [0.15, 0.2) is 0 Å².